The molecule has 1 aromatic heterocycles. The van der Waals surface area contributed by atoms with Gasteiger partial charge in [0.15, 0.2) is 6.61 Å². The van der Waals surface area contributed by atoms with Crippen molar-refractivity contribution in [2.24, 2.45) is 0 Å². The molecule has 6 nitrogen and oxygen atoms in total. The van der Waals surface area contributed by atoms with Gasteiger partial charge in [0.2, 0.25) is 5.88 Å². The van der Waals surface area contributed by atoms with Gasteiger partial charge in [0.1, 0.15) is 11.9 Å². The number of carbonyl (C=O) groups excluding carboxylic acids is 1. The molecular formula is C20H25N3O3. The molecule has 0 bridgehead atoms. The van der Waals surface area contributed by atoms with Crippen molar-refractivity contribution in [3.05, 3.63) is 48.4 Å². The van der Waals surface area contributed by atoms with Gasteiger partial charge in [-0.05, 0) is 23.6 Å². The summed E-state index contributed by atoms with van der Waals surface area (Å²) in [4.78, 5) is 22.3. The molecular weight excluding hydrogens is 330 g/mol. The first-order chi connectivity index (χ1) is 12.6. The van der Waals surface area contributed by atoms with Gasteiger partial charge in [-0.3, -0.25) is 9.78 Å². The van der Waals surface area contributed by atoms with Gasteiger partial charge in [-0.15, -0.1) is 0 Å². The third-order valence-corrected chi connectivity index (χ3v) is 4.53. The number of piperidine rings is 1. The van der Waals surface area contributed by atoms with Crippen LogP contribution in [-0.2, 0) is 4.79 Å². The Morgan fingerprint density at radius 3 is 2.54 bits per heavy atom. The molecule has 1 fully saturated rings. The van der Waals surface area contributed by atoms with Crippen LogP contribution in [-0.4, -0.2) is 46.6 Å². The maximum Gasteiger partial charge on any atom is 0.260 e. The molecule has 0 aliphatic carbocycles. The van der Waals surface area contributed by atoms with Crippen LogP contribution >= 0.6 is 0 Å². The molecule has 0 spiro atoms. The van der Waals surface area contributed by atoms with E-state index in [1.165, 1.54) is 5.56 Å². The van der Waals surface area contributed by atoms with E-state index < -0.39 is 0 Å². The van der Waals surface area contributed by atoms with E-state index in [-0.39, 0.29) is 18.6 Å². The molecule has 1 aliphatic heterocycles. The average molecular weight is 355 g/mol. The predicted octanol–water partition coefficient (Wildman–Crippen LogP) is 3.05. The maximum absolute atomic E-state index is 12.3. The maximum atomic E-state index is 12.3. The molecule has 2 heterocycles. The molecule has 1 aliphatic rings. The van der Waals surface area contributed by atoms with Crippen LogP contribution in [0.25, 0.3) is 0 Å². The van der Waals surface area contributed by atoms with Gasteiger partial charge in [0.05, 0.1) is 6.20 Å². The third-order valence-electron chi connectivity index (χ3n) is 4.53. The minimum absolute atomic E-state index is 0.0101. The Kier molecular flexibility index (Phi) is 6.04. The number of hydrogen-bond acceptors (Lipinski definition) is 5. The van der Waals surface area contributed by atoms with Crippen LogP contribution in [0.4, 0.5) is 0 Å². The molecule has 0 atom stereocenters. The topological polar surface area (TPSA) is 64.5 Å². The van der Waals surface area contributed by atoms with Crippen LogP contribution in [0.2, 0.25) is 0 Å². The first-order valence-corrected chi connectivity index (χ1v) is 9.05. The van der Waals surface area contributed by atoms with Crippen LogP contribution in [0, 0.1) is 0 Å². The zero-order chi connectivity index (χ0) is 18.4. The molecule has 26 heavy (non-hydrogen) atoms. The van der Waals surface area contributed by atoms with Crippen molar-refractivity contribution in [2.75, 3.05) is 19.7 Å². The van der Waals surface area contributed by atoms with Crippen LogP contribution in [0.3, 0.4) is 0 Å². The zero-order valence-electron chi connectivity index (χ0n) is 15.3. The summed E-state index contributed by atoms with van der Waals surface area (Å²) in [6.07, 6.45) is 6.47. The van der Waals surface area contributed by atoms with Crippen molar-refractivity contribution in [1.29, 1.82) is 0 Å². The number of ether oxygens (including phenoxy) is 2. The molecule has 0 unspecified atom stereocenters. The van der Waals surface area contributed by atoms with Crippen molar-refractivity contribution in [3.8, 4) is 11.6 Å². The van der Waals surface area contributed by atoms with E-state index in [1.54, 1.807) is 18.6 Å². The summed E-state index contributed by atoms with van der Waals surface area (Å²) >= 11 is 0. The van der Waals surface area contributed by atoms with E-state index in [4.69, 9.17) is 9.47 Å². The highest BCUT2D eigenvalue weighted by Gasteiger charge is 2.24. The van der Waals surface area contributed by atoms with Crippen molar-refractivity contribution in [3.63, 3.8) is 0 Å². The van der Waals surface area contributed by atoms with E-state index in [0.29, 0.717) is 24.9 Å². The highest BCUT2D eigenvalue weighted by molar-refractivity contribution is 5.77. The monoisotopic (exact) mass is 355 g/mol. The van der Waals surface area contributed by atoms with Gasteiger partial charge >= 0.3 is 0 Å². The second kappa shape index (κ2) is 8.65. The Labute approximate surface area is 154 Å². The van der Waals surface area contributed by atoms with Gasteiger partial charge in [-0.25, -0.2) is 4.98 Å². The summed E-state index contributed by atoms with van der Waals surface area (Å²) in [5.41, 5.74) is 1.26. The Bertz CT molecular complexity index is 696. The lowest BCUT2D eigenvalue weighted by Crippen LogP contribution is -2.43. The summed E-state index contributed by atoms with van der Waals surface area (Å²) < 4.78 is 11.4. The first kappa shape index (κ1) is 18.2. The first-order valence-electron chi connectivity index (χ1n) is 9.05. The smallest absolute Gasteiger partial charge is 0.260 e. The van der Waals surface area contributed by atoms with Crippen LogP contribution in [0.5, 0.6) is 11.6 Å². The van der Waals surface area contributed by atoms with Crippen LogP contribution in [0.1, 0.15) is 38.2 Å². The van der Waals surface area contributed by atoms with Gasteiger partial charge in [0.25, 0.3) is 5.91 Å². The van der Waals surface area contributed by atoms with E-state index in [2.05, 4.69) is 23.8 Å². The SMILES string of the molecule is CC(C)c1ccc(OCC(=O)N2CCC(Oc3cnccn3)CC2)cc1. The normalized spacial score (nSPS) is 15.1. The number of amides is 1. The number of nitrogens with zero attached hydrogens (tertiary/aromatic N) is 3. The van der Waals surface area contributed by atoms with E-state index in [9.17, 15) is 4.79 Å². The Balaban J connectivity index is 1.42. The number of rotatable bonds is 6. The number of benzene rings is 1. The molecule has 3 rings (SSSR count). The fraction of sp³-hybridized carbons (Fsp3) is 0.450. The lowest BCUT2D eigenvalue weighted by molar-refractivity contribution is -0.135. The Morgan fingerprint density at radius 1 is 1.19 bits per heavy atom. The second-order valence-electron chi connectivity index (χ2n) is 6.75. The Hall–Kier alpha value is -2.63. The highest BCUT2D eigenvalue weighted by Crippen LogP contribution is 2.19. The molecule has 0 saturated carbocycles. The zero-order valence-corrected chi connectivity index (χ0v) is 15.3. The summed E-state index contributed by atoms with van der Waals surface area (Å²) in [7, 11) is 0. The summed E-state index contributed by atoms with van der Waals surface area (Å²) in [6.45, 7) is 5.70. The molecule has 0 radical (unpaired) electrons. The van der Waals surface area contributed by atoms with Gasteiger partial charge in [0, 0.05) is 38.3 Å². The molecule has 1 amide bonds. The summed E-state index contributed by atoms with van der Waals surface area (Å²) in [5, 5.41) is 0. The number of hydrogen-bond donors (Lipinski definition) is 0. The molecule has 1 aromatic carbocycles. The second-order valence-corrected chi connectivity index (χ2v) is 6.75. The van der Waals surface area contributed by atoms with Gasteiger partial charge in [-0.1, -0.05) is 26.0 Å². The minimum Gasteiger partial charge on any atom is -0.484 e. The molecule has 6 heteroatoms. The minimum atomic E-state index is 0.0101. The number of carbonyl (C=O) groups is 1. The fourth-order valence-electron chi connectivity index (χ4n) is 2.93. The van der Waals surface area contributed by atoms with E-state index in [0.717, 1.165) is 18.6 Å². The molecule has 1 saturated heterocycles. The Morgan fingerprint density at radius 2 is 1.92 bits per heavy atom. The van der Waals surface area contributed by atoms with Crippen molar-refractivity contribution in [2.45, 2.75) is 38.7 Å². The number of likely N-dealkylation sites (tertiary alicyclic amines) is 1. The summed E-state index contributed by atoms with van der Waals surface area (Å²) in [5.74, 6) is 1.75. The third kappa shape index (κ3) is 4.94. The van der Waals surface area contributed by atoms with Crippen molar-refractivity contribution in [1.82, 2.24) is 14.9 Å². The lowest BCUT2D eigenvalue weighted by Gasteiger charge is -2.31. The predicted molar refractivity (Wildman–Crippen MR) is 98.3 cm³/mol. The van der Waals surface area contributed by atoms with E-state index in [1.807, 2.05) is 29.2 Å². The van der Waals surface area contributed by atoms with Gasteiger partial charge < -0.3 is 14.4 Å². The quantitative estimate of drug-likeness (QED) is 0.797. The number of aromatic nitrogens is 2. The van der Waals surface area contributed by atoms with Crippen LogP contribution in [0.15, 0.2) is 42.9 Å². The van der Waals surface area contributed by atoms with Crippen LogP contribution < -0.4 is 9.47 Å². The average Bonchev–Trinajstić information content (AvgIpc) is 2.68. The molecule has 2 aromatic rings. The lowest BCUT2D eigenvalue weighted by atomic mass is 10.0. The van der Waals surface area contributed by atoms with Crippen molar-refractivity contribution < 1.29 is 14.3 Å². The molecule has 0 N–H and O–H groups in total. The standard InChI is InChI=1S/C20H25N3O3/c1-15(2)16-3-5-17(6-4-16)25-14-20(24)23-11-7-18(8-12-23)26-19-13-21-9-10-22-19/h3-6,9-10,13,15,18H,7-8,11-12,14H2,1-2H3. The largest absolute Gasteiger partial charge is 0.484 e. The van der Waals surface area contributed by atoms with Crippen molar-refractivity contribution >= 4 is 5.91 Å². The van der Waals surface area contributed by atoms with Gasteiger partial charge in [-0.2, -0.15) is 0 Å². The highest BCUT2D eigenvalue weighted by atomic mass is 16.5. The van der Waals surface area contributed by atoms with E-state index >= 15 is 0 Å². The summed E-state index contributed by atoms with van der Waals surface area (Å²) in [6, 6.07) is 7.92. The fourth-order valence-corrected chi connectivity index (χ4v) is 2.93. The molecule has 138 valence electrons.